The summed E-state index contributed by atoms with van der Waals surface area (Å²) in [7, 11) is -2.13. The van der Waals surface area contributed by atoms with E-state index in [0.717, 1.165) is 19.3 Å². The molecule has 0 amide bonds. The smallest absolute Gasteiger partial charge is 0.243 e. The lowest BCUT2D eigenvalue weighted by Crippen LogP contribution is -2.47. The van der Waals surface area contributed by atoms with Crippen molar-refractivity contribution in [3.8, 4) is 5.75 Å². The maximum atomic E-state index is 12.5. The van der Waals surface area contributed by atoms with Gasteiger partial charge >= 0.3 is 0 Å². The topological polar surface area (TPSA) is 81.4 Å². The summed E-state index contributed by atoms with van der Waals surface area (Å²) in [5.74, 6) is 0.536. The van der Waals surface area contributed by atoms with Crippen molar-refractivity contribution in [1.82, 2.24) is 4.72 Å². The standard InChI is InChI=1S/C14H24N2O3S/c1-5-14(6-2,7-3)16-20(17,18)13-9-8-11(19-4)10-12(13)15/h8-10,16H,5-7,15H2,1-4H3. The highest BCUT2D eigenvalue weighted by atomic mass is 32.2. The highest BCUT2D eigenvalue weighted by molar-refractivity contribution is 7.89. The summed E-state index contributed by atoms with van der Waals surface area (Å²) in [6.07, 6.45) is 2.19. The Hall–Kier alpha value is -1.27. The third-order valence-electron chi connectivity index (χ3n) is 3.89. The molecular weight excluding hydrogens is 276 g/mol. The van der Waals surface area contributed by atoms with Gasteiger partial charge in [0.2, 0.25) is 10.0 Å². The number of sulfonamides is 1. The number of benzene rings is 1. The van der Waals surface area contributed by atoms with Gasteiger partial charge in [-0.25, -0.2) is 13.1 Å². The Bertz CT molecular complexity index is 543. The van der Waals surface area contributed by atoms with Crippen molar-refractivity contribution in [2.75, 3.05) is 12.8 Å². The Morgan fingerprint density at radius 2 is 1.75 bits per heavy atom. The van der Waals surface area contributed by atoms with Crippen molar-refractivity contribution >= 4 is 15.7 Å². The molecule has 3 N–H and O–H groups in total. The van der Waals surface area contributed by atoms with Crippen molar-refractivity contribution in [2.45, 2.75) is 50.5 Å². The van der Waals surface area contributed by atoms with Crippen LogP contribution in [0.1, 0.15) is 40.0 Å². The fourth-order valence-corrected chi connectivity index (χ4v) is 3.93. The van der Waals surface area contributed by atoms with E-state index >= 15 is 0 Å². The highest BCUT2D eigenvalue weighted by Gasteiger charge is 2.31. The molecule has 1 aromatic rings. The molecule has 0 aliphatic heterocycles. The Balaban J connectivity index is 3.17. The summed E-state index contributed by atoms with van der Waals surface area (Å²) in [5, 5.41) is 0. The van der Waals surface area contributed by atoms with Gasteiger partial charge in [-0.1, -0.05) is 20.8 Å². The molecule has 0 aliphatic rings. The molecule has 0 unspecified atom stereocenters. The quantitative estimate of drug-likeness (QED) is 0.758. The number of hydrogen-bond acceptors (Lipinski definition) is 4. The average molecular weight is 300 g/mol. The second-order valence-corrected chi connectivity index (χ2v) is 6.50. The molecule has 0 fully saturated rings. The fourth-order valence-electron chi connectivity index (χ4n) is 2.20. The van der Waals surface area contributed by atoms with E-state index in [9.17, 15) is 8.42 Å². The molecule has 0 bridgehead atoms. The molecular formula is C14H24N2O3S. The van der Waals surface area contributed by atoms with Crippen molar-refractivity contribution < 1.29 is 13.2 Å². The first kappa shape index (κ1) is 16.8. The Kier molecular flexibility index (Phi) is 5.42. The van der Waals surface area contributed by atoms with E-state index in [4.69, 9.17) is 10.5 Å². The first-order valence-electron chi connectivity index (χ1n) is 6.81. The van der Waals surface area contributed by atoms with Crippen LogP contribution in [0, 0.1) is 0 Å². The average Bonchev–Trinajstić information content (AvgIpc) is 2.44. The van der Waals surface area contributed by atoms with Crippen molar-refractivity contribution in [2.24, 2.45) is 0 Å². The van der Waals surface area contributed by atoms with Gasteiger partial charge in [-0.2, -0.15) is 0 Å². The van der Waals surface area contributed by atoms with Crippen molar-refractivity contribution in [3.63, 3.8) is 0 Å². The van der Waals surface area contributed by atoms with Crippen LogP contribution in [0.4, 0.5) is 5.69 Å². The van der Waals surface area contributed by atoms with Crippen LogP contribution in [-0.4, -0.2) is 21.1 Å². The minimum atomic E-state index is -3.64. The third kappa shape index (κ3) is 3.43. The van der Waals surface area contributed by atoms with Gasteiger partial charge in [0.05, 0.1) is 12.8 Å². The number of nitrogens with one attached hydrogen (secondary N) is 1. The first-order chi connectivity index (χ1) is 9.34. The van der Waals surface area contributed by atoms with Gasteiger partial charge in [0.1, 0.15) is 10.6 Å². The van der Waals surface area contributed by atoms with Crippen LogP contribution in [0.25, 0.3) is 0 Å². The number of nitrogens with two attached hydrogens (primary N) is 1. The maximum Gasteiger partial charge on any atom is 0.243 e. The van der Waals surface area contributed by atoms with Gasteiger partial charge < -0.3 is 10.5 Å². The number of methoxy groups -OCH3 is 1. The Labute approximate surface area is 121 Å². The number of nitrogen functional groups attached to an aromatic ring is 1. The van der Waals surface area contributed by atoms with E-state index in [2.05, 4.69) is 4.72 Å². The zero-order valence-electron chi connectivity index (χ0n) is 12.6. The number of hydrogen-bond donors (Lipinski definition) is 2. The van der Waals surface area contributed by atoms with Crippen molar-refractivity contribution in [3.05, 3.63) is 18.2 Å². The van der Waals surface area contributed by atoms with Crippen molar-refractivity contribution in [1.29, 1.82) is 0 Å². The van der Waals surface area contributed by atoms with Crippen LogP contribution in [0.2, 0.25) is 0 Å². The zero-order chi connectivity index (χ0) is 15.4. The van der Waals surface area contributed by atoms with Gasteiger partial charge in [0.25, 0.3) is 0 Å². The molecule has 0 heterocycles. The lowest BCUT2D eigenvalue weighted by atomic mass is 9.91. The molecule has 0 saturated carbocycles. The lowest BCUT2D eigenvalue weighted by molar-refractivity contribution is 0.342. The van der Waals surface area contributed by atoms with E-state index in [-0.39, 0.29) is 10.6 Å². The fraction of sp³-hybridized carbons (Fsp3) is 0.571. The molecule has 1 rings (SSSR count). The summed E-state index contributed by atoms with van der Waals surface area (Å²) in [4.78, 5) is 0.0954. The van der Waals surface area contributed by atoms with Crippen LogP contribution < -0.4 is 15.2 Å². The summed E-state index contributed by atoms with van der Waals surface area (Å²) in [5.41, 5.74) is 5.59. The second-order valence-electron chi connectivity index (χ2n) is 4.85. The molecule has 0 atom stereocenters. The molecule has 0 aliphatic carbocycles. The molecule has 6 heteroatoms. The molecule has 0 spiro atoms. The van der Waals surface area contributed by atoms with E-state index in [0.29, 0.717) is 5.75 Å². The van der Waals surface area contributed by atoms with Crippen LogP contribution in [0.15, 0.2) is 23.1 Å². The van der Waals surface area contributed by atoms with Gasteiger partial charge in [0, 0.05) is 11.6 Å². The monoisotopic (exact) mass is 300 g/mol. The zero-order valence-corrected chi connectivity index (χ0v) is 13.4. The van der Waals surface area contributed by atoms with Gasteiger partial charge in [-0.3, -0.25) is 0 Å². The van der Waals surface area contributed by atoms with Crippen LogP contribution in [0.5, 0.6) is 5.75 Å². The van der Waals surface area contributed by atoms with E-state index in [1.807, 2.05) is 20.8 Å². The summed E-state index contributed by atoms with van der Waals surface area (Å²) in [6.45, 7) is 5.94. The molecule has 0 aromatic heterocycles. The Morgan fingerprint density at radius 1 is 1.20 bits per heavy atom. The van der Waals surface area contributed by atoms with Crippen LogP contribution >= 0.6 is 0 Å². The van der Waals surface area contributed by atoms with Gasteiger partial charge in [-0.15, -0.1) is 0 Å². The predicted octanol–water partition coefficient (Wildman–Crippen LogP) is 2.52. The van der Waals surface area contributed by atoms with Gasteiger partial charge in [-0.05, 0) is 31.4 Å². The molecule has 0 radical (unpaired) electrons. The molecule has 1 aromatic carbocycles. The number of ether oxygens (including phenoxy) is 1. The number of anilines is 1. The lowest BCUT2D eigenvalue weighted by Gasteiger charge is -2.31. The first-order valence-corrected chi connectivity index (χ1v) is 8.30. The van der Waals surface area contributed by atoms with E-state index < -0.39 is 15.6 Å². The second kappa shape index (κ2) is 6.45. The summed E-state index contributed by atoms with van der Waals surface area (Å²) >= 11 is 0. The highest BCUT2D eigenvalue weighted by Crippen LogP contribution is 2.27. The third-order valence-corrected chi connectivity index (χ3v) is 5.54. The molecule has 5 nitrogen and oxygen atoms in total. The SMILES string of the molecule is CCC(CC)(CC)NS(=O)(=O)c1ccc(OC)cc1N. The molecule has 114 valence electrons. The van der Waals surface area contributed by atoms with E-state index in [1.165, 1.54) is 19.2 Å². The largest absolute Gasteiger partial charge is 0.497 e. The number of rotatable bonds is 7. The van der Waals surface area contributed by atoms with E-state index in [1.54, 1.807) is 6.07 Å². The van der Waals surface area contributed by atoms with Gasteiger partial charge in [0.15, 0.2) is 0 Å². The van der Waals surface area contributed by atoms with Crippen LogP contribution in [-0.2, 0) is 10.0 Å². The molecule has 20 heavy (non-hydrogen) atoms. The summed E-state index contributed by atoms with van der Waals surface area (Å²) in [6, 6.07) is 4.58. The minimum Gasteiger partial charge on any atom is -0.497 e. The van der Waals surface area contributed by atoms with Crippen LogP contribution in [0.3, 0.4) is 0 Å². The Morgan fingerprint density at radius 3 is 2.15 bits per heavy atom. The normalized spacial score (nSPS) is 12.4. The molecule has 0 saturated heterocycles. The maximum absolute atomic E-state index is 12.5. The summed E-state index contributed by atoms with van der Waals surface area (Å²) < 4.78 is 32.9. The minimum absolute atomic E-state index is 0.0954. The predicted molar refractivity (Wildman–Crippen MR) is 81.3 cm³/mol.